The van der Waals surface area contributed by atoms with Gasteiger partial charge in [-0.25, -0.2) is 9.67 Å². The molecule has 0 saturated carbocycles. The molecule has 0 bridgehead atoms. The number of carbonyl (C=O) groups is 2. The lowest BCUT2D eigenvalue weighted by molar-refractivity contribution is 0.0939. The predicted octanol–water partition coefficient (Wildman–Crippen LogP) is 4.07. The fourth-order valence-electron chi connectivity index (χ4n) is 2.93. The average Bonchev–Trinajstić information content (AvgIpc) is 3.48. The summed E-state index contributed by atoms with van der Waals surface area (Å²) in [4.78, 5) is 29.3. The van der Waals surface area contributed by atoms with Crippen LogP contribution in [0.2, 0.25) is 0 Å². The first kappa shape index (κ1) is 19.5. The minimum absolute atomic E-state index is 0.162. The van der Waals surface area contributed by atoms with Crippen LogP contribution in [0, 0.1) is 0 Å². The molecular weight excluding hydrogens is 398 g/mol. The first-order valence-corrected chi connectivity index (χ1v) is 10.2. The summed E-state index contributed by atoms with van der Waals surface area (Å²) in [6.07, 6.45) is 3.11. The molecule has 8 heteroatoms. The highest BCUT2D eigenvalue weighted by Gasteiger charge is 2.13. The maximum absolute atomic E-state index is 12.6. The van der Waals surface area contributed by atoms with E-state index in [0.29, 0.717) is 16.1 Å². The van der Waals surface area contributed by atoms with E-state index in [1.165, 1.54) is 17.7 Å². The fraction of sp³-hybridized carbons (Fsp3) is 0.0909. The Kier molecular flexibility index (Phi) is 5.67. The number of nitrogens with zero attached hydrogens (tertiary/aromatic N) is 3. The number of hydrogen-bond acceptors (Lipinski definition) is 5. The third kappa shape index (κ3) is 4.44. The van der Waals surface area contributed by atoms with Crippen LogP contribution in [0.5, 0.6) is 0 Å². The Labute approximate surface area is 177 Å². The molecule has 0 aliphatic rings. The van der Waals surface area contributed by atoms with Gasteiger partial charge in [0, 0.05) is 11.3 Å². The molecule has 30 heavy (non-hydrogen) atoms. The van der Waals surface area contributed by atoms with E-state index in [4.69, 9.17) is 0 Å². The molecule has 2 aromatic heterocycles. The summed E-state index contributed by atoms with van der Waals surface area (Å²) in [6, 6.07) is 18.0. The summed E-state index contributed by atoms with van der Waals surface area (Å²) >= 11 is 1.38. The van der Waals surface area contributed by atoms with Crippen molar-refractivity contribution in [1.29, 1.82) is 0 Å². The van der Waals surface area contributed by atoms with Crippen LogP contribution in [0.1, 0.15) is 38.6 Å². The van der Waals surface area contributed by atoms with Gasteiger partial charge in [-0.2, -0.15) is 5.10 Å². The molecule has 150 valence electrons. The van der Waals surface area contributed by atoms with Crippen molar-refractivity contribution in [3.8, 4) is 5.69 Å². The van der Waals surface area contributed by atoms with Gasteiger partial charge in [0.05, 0.1) is 16.6 Å². The Morgan fingerprint density at radius 1 is 1.00 bits per heavy atom. The molecule has 0 radical (unpaired) electrons. The van der Waals surface area contributed by atoms with E-state index in [1.807, 2.05) is 42.6 Å². The Morgan fingerprint density at radius 3 is 2.40 bits per heavy atom. The van der Waals surface area contributed by atoms with Crippen LogP contribution < -0.4 is 10.6 Å². The number of nitrogens with one attached hydrogen (secondary N) is 2. The maximum Gasteiger partial charge on any atom is 0.265 e. The normalized spacial score (nSPS) is 11.6. The number of benzene rings is 2. The van der Waals surface area contributed by atoms with E-state index in [9.17, 15) is 9.59 Å². The average molecular weight is 417 g/mol. The third-order valence-electron chi connectivity index (χ3n) is 4.57. The fourth-order valence-corrected chi connectivity index (χ4v) is 3.54. The van der Waals surface area contributed by atoms with Crippen LogP contribution in [-0.4, -0.2) is 26.6 Å². The molecule has 0 aliphatic carbocycles. The van der Waals surface area contributed by atoms with Crippen LogP contribution in [-0.2, 0) is 0 Å². The second-order valence-electron chi connectivity index (χ2n) is 6.64. The molecule has 2 heterocycles. The Morgan fingerprint density at radius 2 is 1.77 bits per heavy atom. The number of rotatable bonds is 6. The molecule has 0 aliphatic heterocycles. The molecule has 1 atom stereocenters. The van der Waals surface area contributed by atoms with Crippen molar-refractivity contribution in [2.45, 2.75) is 13.0 Å². The van der Waals surface area contributed by atoms with Gasteiger partial charge in [-0.3, -0.25) is 9.59 Å². The lowest BCUT2D eigenvalue weighted by Gasteiger charge is -2.15. The number of anilines is 1. The number of amides is 2. The summed E-state index contributed by atoms with van der Waals surface area (Å²) in [5.74, 6) is -0.343. The van der Waals surface area contributed by atoms with E-state index in [0.717, 1.165) is 11.3 Å². The lowest BCUT2D eigenvalue weighted by atomic mass is 10.1. The zero-order valence-electron chi connectivity index (χ0n) is 16.1. The van der Waals surface area contributed by atoms with Crippen molar-refractivity contribution >= 4 is 28.8 Å². The van der Waals surface area contributed by atoms with Gasteiger partial charge in [0.25, 0.3) is 11.8 Å². The summed E-state index contributed by atoms with van der Waals surface area (Å²) in [6.45, 7) is 1.93. The molecule has 2 aromatic carbocycles. The molecule has 4 aromatic rings. The van der Waals surface area contributed by atoms with Crippen molar-refractivity contribution in [3.63, 3.8) is 0 Å². The van der Waals surface area contributed by atoms with Crippen LogP contribution in [0.4, 0.5) is 5.69 Å². The second kappa shape index (κ2) is 8.71. The molecule has 0 saturated heterocycles. The van der Waals surface area contributed by atoms with Gasteiger partial charge in [-0.15, -0.1) is 11.3 Å². The molecule has 2 N–H and O–H groups in total. The molecule has 7 nitrogen and oxygen atoms in total. The standard InChI is InChI=1S/C22H19N5O2S/c1-15(16-6-10-19(11-7-16)27-14-23-13-24-27)25-21(28)17-4-8-18(9-5-17)26-22(29)20-3-2-12-30-20/h2-15H,1H3,(H,25,28)(H,26,29)/t15-/m1/s1. The highest BCUT2D eigenvalue weighted by Crippen LogP contribution is 2.17. The lowest BCUT2D eigenvalue weighted by Crippen LogP contribution is -2.26. The second-order valence-corrected chi connectivity index (χ2v) is 7.58. The van der Waals surface area contributed by atoms with Crippen molar-refractivity contribution in [2.75, 3.05) is 5.32 Å². The number of hydrogen-bond donors (Lipinski definition) is 2. The minimum atomic E-state index is -0.181. The Bertz CT molecular complexity index is 1120. The topological polar surface area (TPSA) is 88.9 Å². The van der Waals surface area contributed by atoms with Gasteiger partial charge in [-0.1, -0.05) is 18.2 Å². The third-order valence-corrected chi connectivity index (χ3v) is 5.44. The van der Waals surface area contributed by atoms with Crippen LogP contribution in [0.3, 0.4) is 0 Å². The zero-order chi connectivity index (χ0) is 20.9. The van der Waals surface area contributed by atoms with Crippen LogP contribution in [0.15, 0.2) is 78.7 Å². The molecule has 0 fully saturated rings. The van der Waals surface area contributed by atoms with Crippen molar-refractivity contribution in [2.24, 2.45) is 0 Å². The largest absolute Gasteiger partial charge is 0.346 e. The van der Waals surface area contributed by atoms with Gasteiger partial charge < -0.3 is 10.6 Å². The van der Waals surface area contributed by atoms with E-state index in [1.54, 1.807) is 41.3 Å². The molecular formula is C22H19N5O2S. The SMILES string of the molecule is C[C@@H](NC(=O)c1ccc(NC(=O)c2cccs2)cc1)c1ccc(-n2cncn2)cc1. The quantitative estimate of drug-likeness (QED) is 0.495. The number of thiophene rings is 1. The van der Waals surface area contributed by atoms with E-state index < -0.39 is 0 Å². The van der Waals surface area contributed by atoms with Crippen molar-refractivity contribution < 1.29 is 9.59 Å². The minimum Gasteiger partial charge on any atom is -0.346 e. The van der Waals surface area contributed by atoms with E-state index in [-0.39, 0.29) is 17.9 Å². The molecule has 2 amide bonds. The van der Waals surface area contributed by atoms with Gasteiger partial charge in [0.1, 0.15) is 12.7 Å². The first-order valence-electron chi connectivity index (χ1n) is 9.31. The summed E-state index contributed by atoms with van der Waals surface area (Å²) in [5.41, 5.74) is 3.04. The van der Waals surface area contributed by atoms with E-state index >= 15 is 0 Å². The summed E-state index contributed by atoms with van der Waals surface area (Å²) < 4.78 is 1.67. The summed E-state index contributed by atoms with van der Waals surface area (Å²) in [7, 11) is 0. The van der Waals surface area contributed by atoms with Gasteiger partial charge in [-0.05, 0) is 60.3 Å². The molecule has 0 spiro atoms. The first-order chi connectivity index (χ1) is 14.6. The zero-order valence-corrected chi connectivity index (χ0v) is 17.0. The van der Waals surface area contributed by atoms with Gasteiger partial charge in [0.15, 0.2) is 0 Å². The highest BCUT2D eigenvalue weighted by molar-refractivity contribution is 7.12. The van der Waals surface area contributed by atoms with E-state index in [2.05, 4.69) is 20.7 Å². The summed E-state index contributed by atoms with van der Waals surface area (Å²) in [5, 5.41) is 11.8. The molecule has 4 rings (SSSR count). The van der Waals surface area contributed by atoms with Crippen molar-refractivity contribution in [1.82, 2.24) is 20.1 Å². The predicted molar refractivity (Wildman–Crippen MR) is 116 cm³/mol. The smallest absolute Gasteiger partial charge is 0.265 e. The molecule has 0 unspecified atom stereocenters. The maximum atomic E-state index is 12.6. The number of carbonyl (C=O) groups excluding carboxylic acids is 2. The Balaban J connectivity index is 1.36. The van der Waals surface area contributed by atoms with Crippen LogP contribution in [0.25, 0.3) is 5.69 Å². The monoisotopic (exact) mass is 417 g/mol. The highest BCUT2D eigenvalue weighted by atomic mass is 32.1. The van der Waals surface area contributed by atoms with Gasteiger partial charge >= 0.3 is 0 Å². The van der Waals surface area contributed by atoms with Crippen LogP contribution >= 0.6 is 11.3 Å². The van der Waals surface area contributed by atoms with Crippen molar-refractivity contribution in [3.05, 3.63) is 94.7 Å². The van der Waals surface area contributed by atoms with Gasteiger partial charge in [0.2, 0.25) is 0 Å². The number of aromatic nitrogens is 3. The Hall–Kier alpha value is -3.78.